The smallest absolute Gasteiger partial charge is 0.123 e. The van der Waals surface area contributed by atoms with Crippen LogP contribution in [0.4, 0.5) is 0 Å². The lowest BCUT2D eigenvalue weighted by molar-refractivity contribution is 0.585. The molecule has 0 saturated heterocycles. The van der Waals surface area contributed by atoms with Gasteiger partial charge in [0.25, 0.3) is 0 Å². The van der Waals surface area contributed by atoms with Crippen LogP contribution in [0.3, 0.4) is 0 Å². The summed E-state index contributed by atoms with van der Waals surface area (Å²) in [5.41, 5.74) is 2.74. The summed E-state index contributed by atoms with van der Waals surface area (Å²) in [5, 5.41) is 1.04. The first kappa shape index (κ1) is 13.4. The summed E-state index contributed by atoms with van der Waals surface area (Å²) in [6.45, 7) is 4.25. The number of rotatable bonds is 4. The van der Waals surface area contributed by atoms with Gasteiger partial charge in [0.15, 0.2) is 0 Å². The van der Waals surface area contributed by atoms with E-state index in [-0.39, 0.29) is 0 Å². The summed E-state index contributed by atoms with van der Waals surface area (Å²) < 4.78 is 12.9. The highest BCUT2D eigenvalue weighted by Gasteiger charge is 2.29. The Bertz CT molecular complexity index is 507. The Hall–Kier alpha value is -1.07. The molecule has 96 valence electrons. The average molecular weight is 260 g/mol. The van der Waals surface area contributed by atoms with E-state index in [2.05, 4.69) is 26.0 Å². The van der Waals surface area contributed by atoms with Crippen LogP contribution in [0.25, 0.3) is 0 Å². The predicted molar refractivity (Wildman–Crippen MR) is 80.2 cm³/mol. The molecule has 0 spiro atoms. The van der Waals surface area contributed by atoms with Gasteiger partial charge in [-0.1, -0.05) is 53.6 Å². The van der Waals surface area contributed by atoms with Crippen LogP contribution >= 0.6 is 7.14 Å². The molecule has 18 heavy (non-hydrogen) atoms. The van der Waals surface area contributed by atoms with Gasteiger partial charge in [0.1, 0.15) is 7.14 Å². The fourth-order valence-corrected chi connectivity index (χ4v) is 5.09. The molecule has 0 N–H and O–H groups in total. The monoisotopic (exact) mass is 260 g/mol. The Morgan fingerprint density at radius 1 is 1.28 bits per heavy atom. The Morgan fingerprint density at radius 3 is 2.67 bits per heavy atom. The van der Waals surface area contributed by atoms with Crippen LogP contribution in [0, 0.1) is 0 Å². The molecule has 1 aliphatic heterocycles. The minimum atomic E-state index is -2.16. The van der Waals surface area contributed by atoms with Crippen molar-refractivity contribution < 1.29 is 4.57 Å². The molecule has 1 aromatic carbocycles. The molecule has 2 rings (SSSR count). The van der Waals surface area contributed by atoms with E-state index < -0.39 is 7.14 Å². The molecule has 0 saturated carbocycles. The van der Waals surface area contributed by atoms with E-state index in [1.54, 1.807) is 0 Å². The third-order valence-electron chi connectivity index (χ3n) is 3.38. The van der Waals surface area contributed by atoms with E-state index in [4.69, 9.17) is 0 Å². The maximum absolute atomic E-state index is 12.9. The van der Waals surface area contributed by atoms with Gasteiger partial charge in [-0.3, -0.25) is 0 Å². The fourth-order valence-electron chi connectivity index (χ4n) is 2.36. The molecule has 0 fully saturated rings. The highest BCUT2D eigenvalue weighted by Crippen LogP contribution is 2.51. The van der Waals surface area contributed by atoms with Gasteiger partial charge in [-0.25, -0.2) is 0 Å². The molecule has 1 aromatic rings. The maximum Gasteiger partial charge on any atom is 0.123 e. The van der Waals surface area contributed by atoms with E-state index in [1.807, 2.05) is 30.3 Å². The number of hydrogen-bond donors (Lipinski definition) is 0. The summed E-state index contributed by atoms with van der Waals surface area (Å²) in [5.74, 6) is 0. The molecule has 1 heterocycles. The third kappa shape index (κ3) is 3.23. The molecule has 0 aromatic heterocycles. The van der Waals surface area contributed by atoms with E-state index in [9.17, 15) is 4.57 Å². The highest BCUT2D eigenvalue weighted by atomic mass is 31.2. The van der Waals surface area contributed by atoms with Gasteiger partial charge in [-0.2, -0.15) is 0 Å². The second-order valence-corrected chi connectivity index (χ2v) is 8.22. The van der Waals surface area contributed by atoms with Crippen LogP contribution in [-0.4, -0.2) is 12.3 Å². The lowest BCUT2D eigenvalue weighted by Crippen LogP contribution is -2.06. The van der Waals surface area contributed by atoms with E-state index in [1.165, 1.54) is 11.1 Å². The molecular formula is C16H21OP. The molecule has 2 heteroatoms. The largest absolute Gasteiger partial charge is 0.318 e. The number of hydrogen-bond acceptors (Lipinski definition) is 1. The van der Waals surface area contributed by atoms with Crippen LogP contribution in [0.2, 0.25) is 0 Å². The van der Waals surface area contributed by atoms with Gasteiger partial charge in [0, 0.05) is 17.6 Å². The van der Waals surface area contributed by atoms with E-state index >= 15 is 0 Å². The summed E-state index contributed by atoms with van der Waals surface area (Å²) in [4.78, 5) is 0. The number of benzene rings is 1. The molecule has 1 aliphatic rings. The minimum absolute atomic E-state index is 0.751. The molecule has 0 radical (unpaired) electrons. The summed E-state index contributed by atoms with van der Waals surface area (Å²) in [6, 6.07) is 9.96. The topological polar surface area (TPSA) is 17.1 Å². The molecule has 1 atom stereocenters. The van der Waals surface area contributed by atoms with Crippen molar-refractivity contribution in [3.63, 3.8) is 0 Å². The zero-order valence-electron chi connectivity index (χ0n) is 11.2. The third-order valence-corrected chi connectivity index (χ3v) is 6.31. The fraction of sp³-hybridized carbons (Fsp3) is 0.375. The Labute approximate surface area is 110 Å². The van der Waals surface area contributed by atoms with Gasteiger partial charge in [-0.05, 0) is 26.7 Å². The van der Waals surface area contributed by atoms with Crippen LogP contribution < -0.4 is 5.30 Å². The van der Waals surface area contributed by atoms with Gasteiger partial charge in [0.2, 0.25) is 0 Å². The van der Waals surface area contributed by atoms with Crippen molar-refractivity contribution in [2.45, 2.75) is 26.7 Å². The lowest BCUT2D eigenvalue weighted by atomic mass is 10.1. The zero-order chi connectivity index (χ0) is 13.0. The van der Waals surface area contributed by atoms with Crippen molar-refractivity contribution in [3.05, 3.63) is 53.6 Å². The standard InChI is InChI=1S/C16H21OP/c1-14(2)7-6-8-15-11-12-18(17,13-15)16-9-4-3-5-10-16/h3-5,7,9-11H,6,8,12-13H2,1-2H3. The van der Waals surface area contributed by atoms with Gasteiger partial charge in [-0.15, -0.1) is 0 Å². The highest BCUT2D eigenvalue weighted by molar-refractivity contribution is 7.72. The van der Waals surface area contributed by atoms with Crippen LogP contribution in [0.5, 0.6) is 0 Å². The Morgan fingerprint density at radius 2 is 2.00 bits per heavy atom. The molecule has 0 amide bonds. The summed E-state index contributed by atoms with van der Waals surface area (Å²) >= 11 is 0. The Kier molecular flexibility index (Phi) is 4.24. The van der Waals surface area contributed by atoms with E-state index in [0.717, 1.165) is 30.5 Å². The lowest BCUT2D eigenvalue weighted by Gasteiger charge is -2.12. The first-order valence-corrected chi connectivity index (χ1v) is 8.63. The molecule has 0 bridgehead atoms. The maximum atomic E-state index is 12.9. The first-order chi connectivity index (χ1) is 8.60. The van der Waals surface area contributed by atoms with E-state index in [0.29, 0.717) is 0 Å². The zero-order valence-corrected chi connectivity index (χ0v) is 12.1. The Balaban J connectivity index is 1.98. The quantitative estimate of drug-likeness (QED) is 0.580. The van der Waals surface area contributed by atoms with Crippen LogP contribution in [-0.2, 0) is 4.57 Å². The SMILES string of the molecule is CC(C)=CCCC1=CCP(=O)(c2ccccc2)C1. The summed E-state index contributed by atoms with van der Waals surface area (Å²) in [7, 11) is -2.16. The van der Waals surface area contributed by atoms with Gasteiger partial charge < -0.3 is 4.57 Å². The minimum Gasteiger partial charge on any atom is -0.318 e. The van der Waals surface area contributed by atoms with Crippen molar-refractivity contribution >= 4 is 12.4 Å². The predicted octanol–water partition coefficient (Wildman–Crippen LogP) is 4.36. The van der Waals surface area contributed by atoms with Crippen molar-refractivity contribution in [1.82, 2.24) is 0 Å². The van der Waals surface area contributed by atoms with Crippen molar-refractivity contribution in [1.29, 1.82) is 0 Å². The number of allylic oxidation sites excluding steroid dienone is 4. The first-order valence-electron chi connectivity index (χ1n) is 6.55. The van der Waals surface area contributed by atoms with Crippen LogP contribution in [0.15, 0.2) is 53.6 Å². The average Bonchev–Trinajstić information content (AvgIpc) is 2.73. The summed E-state index contributed by atoms with van der Waals surface area (Å²) in [6.07, 6.45) is 8.12. The normalized spacial score (nSPS) is 22.7. The second kappa shape index (κ2) is 5.71. The van der Waals surface area contributed by atoms with Crippen LogP contribution in [0.1, 0.15) is 26.7 Å². The molecule has 0 aliphatic carbocycles. The van der Waals surface area contributed by atoms with Gasteiger partial charge in [0.05, 0.1) is 0 Å². The molecule has 1 unspecified atom stereocenters. The molecular weight excluding hydrogens is 239 g/mol. The van der Waals surface area contributed by atoms with Crippen molar-refractivity contribution in [2.75, 3.05) is 12.3 Å². The van der Waals surface area contributed by atoms with Crippen molar-refractivity contribution in [3.8, 4) is 0 Å². The van der Waals surface area contributed by atoms with Crippen molar-refractivity contribution in [2.24, 2.45) is 0 Å². The van der Waals surface area contributed by atoms with Gasteiger partial charge >= 0.3 is 0 Å². The second-order valence-electron chi connectivity index (χ2n) is 5.25. The molecule has 1 nitrogen and oxygen atoms in total.